The van der Waals surface area contributed by atoms with Crippen LogP contribution in [0.15, 0.2) is 65.0 Å². The van der Waals surface area contributed by atoms with Gasteiger partial charge in [0.15, 0.2) is 0 Å². The summed E-state index contributed by atoms with van der Waals surface area (Å²) in [6.45, 7) is 15.3. The van der Waals surface area contributed by atoms with Crippen molar-refractivity contribution >= 4 is 17.0 Å². The summed E-state index contributed by atoms with van der Waals surface area (Å²) < 4.78 is 1.91. The van der Waals surface area contributed by atoms with Crippen molar-refractivity contribution in [2.24, 2.45) is 21.8 Å². The molecule has 1 aromatic heterocycles. The lowest BCUT2D eigenvalue weighted by atomic mass is 9.94. The molecule has 174 valence electrons. The fraction of sp³-hybridized carbons (Fsp3) is 0.464. The molecular weight excluding hydrogens is 406 g/mol. The van der Waals surface area contributed by atoms with Gasteiger partial charge in [0.05, 0.1) is 17.6 Å². The zero-order valence-corrected chi connectivity index (χ0v) is 20.7. The van der Waals surface area contributed by atoms with Crippen LogP contribution in [0.1, 0.15) is 64.5 Å². The van der Waals surface area contributed by atoms with E-state index < -0.39 is 0 Å². The molecule has 4 rings (SSSR count). The zero-order chi connectivity index (χ0) is 23.5. The van der Waals surface area contributed by atoms with Gasteiger partial charge in [0.2, 0.25) is 0 Å². The van der Waals surface area contributed by atoms with Crippen LogP contribution in [0.4, 0.5) is 0 Å². The number of allylic oxidation sites excluding steroid dienone is 2. The summed E-state index contributed by atoms with van der Waals surface area (Å²) in [6.07, 6.45) is 10.7. The molecule has 5 heteroatoms. The van der Waals surface area contributed by atoms with E-state index in [0.29, 0.717) is 12.0 Å². The summed E-state index contributed by atoms with van der Waals surface area (Å²) in [4.78, 5) is 9.91. The van der Waals surface area contributed by atoms with Crippen molar-refractivity contribution in [3.05, 3.63) is 66.1 Å². The van der Waals surface area contributed by atoms with E-state index in [4.69, 9.17) is 4.99 Å². The third-order valence-electron chi connectivity index (χ3n) is 7.11. The summed E-state index contributed by atoms with van der Waals surface area (Å²) in [7, 11) is 0. The fourth-order valence-corrected chi connectivity index (χ4v) is 4.58. The average Bonchev–Trinajstić information content (AvgIpc) is 3.45. The molecule has 0 spiro atoms. The van der Waals surface area contributed by atoms with Crippen LogP contribution < -0.4 is 5.32 Å². The summed E-state index contributed by atoms with van der Waals surface area (Å²) in [5, 5.41) is 8.49. The molecule has 2 heterocycles. The van der Waals surface area contributed by atoms with Crippen LogP contribution in [0, 0.1) is 18.8 Å². The molecule has 0 amide bonds. The Morgan fingerprint density at radius 3 is 2.64 bits per heavy atom. The molecule has 1 fully saturated rings. The second kappa shape index (κ2) is 10.0. The molecule has 1 aromatic carbocycles. The van der Waals surface area contributed by atoms with E-state index in [-0.39, 0.29) is 6.17 Å². The van der Waals surface area contributed by atoms with Crippen molar-refractivity contribution in [2.45, 2.75) is 72.5 Å². The van der Waals surface area contributed by atoms with Gasteiger partial charge in [-0.15, -0.1) is 0 Å². The number of aromatic nitrogens is 2. The quantitative estimate of drug-likeness (QED) is 0.558. The summed E-state index contributed by atoms with van der Waals surface area (Å²) in [5.74, 6) is 1.21. The molecule has 1 saturated carbocycles. The number of nitrogens with one attached hydrogen (secondary N) is 1. The molecule has 4 atom stereocenters. The first-order valence-corrected chi connectivity index (χ1v) is 12.3. The Kier molecular flexibility index (Phi) is 7.08. The van der Waals surface area contributed by atoms with Crippen LogP contribution in [-0.2, 0) is 0 Å². The first-order chi connectivity index (χ1) is 15.9. The standard InChI is InChI=1S/C28H37N5/c1-7-20(4)28(31-24-11-8-19(3)14-24)32-27-21(5)22(6)29-16-26(27)23-15-30-33(17-23)25-12-9-18(2)10-13-25/h9-10,12-13,15-17,19-20,24,28,31H,5,7-8,11,14H2,1-4,6H3/b32-27+. The monoisotopic (exact) mass is 443 g/mol. The van der Waals surface area contributed by atoms with Crippen LogP contribution in [0.3, 0.4) is 0 Å². The second-order valence-electron chi connectivity index (χ2n) is 9.83. The lowest BCUT2D eigenvalue weighted by Gasteiger charge is -2.27. The Balaban J connectivity index is 1.67. The maximum absolute atomic E-state index is 5.30. The normalized spacial score (nSPS) is 24.0. The van der Waals surface area contributed by atoms with E-state index in [1.165, 1.54) is 24.8 Å². The molecule has 4 unspecified atom stereocenters. The number of aliphatic imine (C=N–C) groups is 2. The maximum atomic E-state index is 5.30. The van der Waals surface area contributed by atoms with Gasteiger partial charge >= 0.3 is 0 Å². The Hall–Kier alpha value is -2.79. The van der Waals surface area contributed by atoms with Gasteiger partial charge in [0.25, 0.3) is 0 Å². The largest absolute Gasteiger partial charge is 0.293 e. The van der Waals surface area contributed by atoms with Crippen molar-refractivity contribution in [3.63, 3.8) is 0 Å². The van der Waals surface area contributed by atoms with Gasteiger partial charge in [0, 0.05) is 40.9 Å². The van der Waals surface area contributed by atoms with Crippen LogP contribution in [0.25, 0.3) is 11.3 Å². The molecule has 1 N–H and O–H groups in total. The highest BCUT2D eigenvalue weighted by Gasteiger charge is 2.28. The van der Waals surface area contributed by atoms with Gasteiger partial charge in [-0.1, -0.05) is 51.5 Å². The SMILES string of the molecule is C=C1C(C)=NC=C(c2cnn(-c3ccc(C)cc3)c2)/C1=N/C(NC1CCC(C)C1)C(C)CC. The van der Waals surface area contributed by atoms with Crippen molar-refractivity contribution in [1.82, 2.24) is 15.1 Å². The van der Waals surface area contributed by atoms with Crippen molar-refractivity contribution in [1.29, 1.82) is 0 Å². The fourth-order valence-electron chi connectivity index (χ4n) is 4.58. The van der Waals surface area contributed by atoms with Gasteiger partial charge in [-0.05, 0) is 57.1 Å². The minimum atomic E-state index is 0.0542. The minimum Gasteiger partial charge on any atom is -0.293 e. The molecule has 0 radical (unpaired) electrons. The molecule has 1 aliphatic carbocycles. The van der Waals surface area contributed by atoms with E-state index in [1.54, 1.807) is 0 Å². The minimum absolute atomic E-state index is 0.0542. The van der Waals surface area contributed by atoms with Gasteiger partial charge in [0.1, 0.15) is 6.17 Å². The van der Waals surface area contributed by atoms with Gasteiger partial charge < -0.3 is 0 Å². The summed E-state index contributed by atoms with van der Waals surface area (Å²) in [5.41, 5.74) is 7.00. The number of nitrogens with zero attached hydrogens (tertiary/aromatic N) is 4. The van der Waals surface area contributed by atoms with E-state index in [2.05, 4.69) is 80.1 Å². The lowest BCUT2D eigenvalue weighted by Crippen LogP contribution is -2.40. The second-order valence-corrected chi connectivity index (χ2v) is 9.83. The highest BCUT2D eigenvalue weighted by Crippen LogP contribution is 2.29. The topological polar surface area (TPSA) is 54.6 Å². The third kappa shape index (κ3) is 5.25. The Morgan fingerprint density at radius 2 is 1.97 bits per heavy atom. The number of benzene rings is 1. The number of hydrogen-bond acceptors (Lipinski definition) is 4. The molecule has 0 bridgehead atoms. The van der Waals surface area contributed by atoms with E-state index in [9.17, 15) is 0 Å². The smallest absolute Gasteiger partial charge is 0.103 e. The van der Waals surface area contributed by atoms with Crippen molar-refractivity contribution < 1.29 is 0 Å². The van der Waals surface area contributed by atoms with E-state index in [1.807, 2.05) is 24.0 Å². The molecular formula is C28H37N5. The van der Waals surface area contributed by atoms with Crippen LogP contribution in [0.5, 0.6) is 0 Å². The average molecular weight is 444 g/mol. The number of hydrogen-bond donors (Lipinski definition) is 1. The highest BCUT2D eigenvalue weighted by atomic mass is 15.3. The summed E-state index contributed by atoms with van der Waals surface area (Å²) in [6, 6.07) is 8.91. The molecule has 0 saturated heterocycles. The Morgan fingerprint density at radius 1 is 1.21 bits per heavy atom. The van der Waals surface area contributed by atoms with E-state index in [0.717, 1.165) is 46.2 Å². The van der Waals surface area contributed by atoms with Crippen LogP contribution >= 0.6 is 0 Å². The van der Waals surface area contributed by atoms with Crippen molar-refractivity contribution in [2.75, 3.05) is 0 Å². The Bertz CT molecular complexity index is 1090. The predicted molar refractivity (Wildman–Crippen MR) is 139 cm³/mol. The molecule has 2 aliphatic rings. The summed E-state index contributed by atoms with van der Waals surface area (Å²) >= 11 is 0. The van der Waals surface area contributed by atoms with Crippen molar-refractivity contribution in [3.8, 4) is 5.69 Å². The first-order valence-electron chi connectivity index (χ1n) is 12.3. The predicted octanol–water partition coefficient (Wildman–Crippen LogP) is 6.14. The first kappa shape index (κ1) is 23.4. The highest BCUT2D eigenvalue weighted by molar-refractivity contribution is 6.42. The van der Waals surface area contributed by atoms with Crippen LogP contribution in [0.2, 0.25) is 0 Å². The molecule has 5 nitrogen and oxygen atoms in total. The van der Waals surface area contributed by atoms with Gasteiger partial charge in [-0.2, -0.15) is 5.10 Å². The zero-order valence-electron chi connectivity index (χ0n) is 20.7. The van der Waals surface area contributed by atoms with Gasteiger partial charge in [-0.3, -0.25) is 15.3 Å². The van der Waals surface area contributed by atoms with Crippen LogP contribution in [-0.4, -0.2) is 33.4 Å². The number of rotatable bonds is 7. The third-order valence-corrected chi connectivity index (χ3v) is 7.11. The Labute approximate surface area is 198 Å². The van der Waals surface area contributed by atoms with Gasteiger partial charge in [-0.25, -0.2) is 4.68 Å². The number of aryl methyl sites for hydroxylation is 1. The lowest BCUT2D eigenvalue weighted by molar-refractivity contribution is 0.335. The molecule has 2 aromatic rings. The molecule has 33 heavy (non-hydrogen) atoms. The molecule has 1 aliphatic heterocycles. The maximum Gasteiger partial charge on any atom is 0.103 e. The van der Waals surface area contributed by atoms with E-state index >= 15 is 0 Å².